The smallest absolute Gasteiger partial charge is 0.253 e. The van der Waals surface area contributed by atoms with Gasteiger partial charge in [-0.1, -0.05) is 17.7 Å². The monoisotopic (exact) mass is 478 g/mol. The zero-order valence-electron chi connectivity index (χ0n) is 20.5. The lowest BCUT2D eigenvalue weighted by atomic mass is 10.1. The molecule has 1 N–H and O–H groups in total. The molecule has 1 saturated heterocycles. The number of amides is 3. The van der Waals surface area contributed by atoms with E-state index in [-0.39, 0.29) is 30.2 Å². The van der Waals surface area contributed by atoms with Crippen LogP contribution in [0, 0.1) is 12.8 Å². The SMILES string of the molecule is COCCN(CC(=O)Nc1ccc(N2CCN(C(=O)c3ccc(C)cc3)CC2)cc1)C(=O)C1CC1. The lowest BCUT2D eigenvalue weighted by Crippen LogP contribution is -2.48. The Morgan fingerprint density at radius 1 is 0.971 bits per heavy atom. The van der Waals surface area contributed by atoms with Gasteiger partial charge in [-0.2, -0.15) is 0 Å². The van der Waals surface area contributed by atoms with Crippen molar-refractivity contribution in [3.63, 3.8) is 0 Å². The molecule has 1 saturated carbocycles. The standard InChI is InChI=1S/C27H34N4O4/c1-20-3-5-21(6-4-20)26(33)30-15-13-29(14-16-30)24-11-9-23(10-12-24)28-25(32)19-31(17-18-35-2)27(34)22-7-8-22/h3-6,9-12,22H,7-8,13-19H2,1-2H3,(H,28,32). The Morgan fingerprint density at radius 2 is 1.63 bits per heavy atom. The summed E-state index contributed by atoms with van der Waals surface area (Å²) in [5, 5.41) is 2.89. The maximum Gasteiger partial charge on any atom is 0.253 e. The van der Waals surface area contributed by atoms with Crippen LogP contribution in [0.2, 0.25) is 0 Å². The van der Waals surface area contributed by atoms with E-state index >= 15 is 0 Å². The Morgan fingerprint density at radius 3 is 2.23 bits per heavy atom. The third kappa shape index (κ3) is 6.60. The topological polar surface area (TPSA) is 82.2 Å². The van der Waals surface area contributed by atoms with Crippen LogP contribution >= 0.6 is 0 Å². The minimum absolute atomic E-state index is 0.0252. The summed E-state index contributed by atoms with van der Waals surface area (Å²) in [4.78, 5) is 43.5. The number of carbonyl (C=O) groups excluding carboxylic acids is 3. The molecule has 0 aromatic heterocycles. The van der Waals surface area contributed by atoms with Gasteiger partial charge in [0.05, 0.1) is 13.2 Å². The highest BCUT2D eigenvalue weighted by Gasteiger charge is 2.34. The second-order valence-corrected chi connectivity index (χ2v) is 9.27. The van der Waals surface area contributed by atoms with E-state index in [1.165, 1.54) is 0 Å². The Bertz CT molecular complexity index is 1030. The molecule has 2 fully saturated rings. The third-order valence-corrected chi connectivity index (χ3v) is 6.52. The van der Waals surface area contributed by atoms with E-state index < -0.39 is 0 Å². The van der Waals surface area contributed by atoms with Crippen LogP contribution in [0.4, 0.5) is 11.4 Å². The summed E-state index contributed by atoms with van der Waals surface area (Å²) in [7, 11) is 1.59. The van der Waals surface area contributed by atoms with Crippen molar-refractivity contribution in [2.75, 3.05) is 63.2 Å². The van der Waals surface area contributed by atoms with Gasteiger partial charge < -0.3 is 24.8 Å². The number of rotatable bonds is 9. The fourth-order valence-electron chi connectivity index (χ4n) is 4.23. The highest BCUT2D eigenvalue weighted by atomic mass is 16.5. The first-order valence-corrected chi connectivity index (χ1v) is 12.2. The van der Waals surface area contributed by atoms with Crippen LogP contribution in [0.1, 0.15) is 28.8 Å². The van der Waals surface area contributed by atoms with E-state index in [1.807, 2.05) is 60.4 Å². The molecule has 4 rings (SSSR count). The first-order valence-electron chi connectivity index (χ1n) is 12.2. The van der Waals surface area contributed by atoms with Crippen molar-refractivity contribution >= 4 is 29.1 Å². The van der Waals surface area contributed by atoms with Crippen molar-refractivity contribution in [3.05, 3.63) is 59.7 Å². The maximum atomic E-state index is 12.8. The number of carbonyl (C=O) groups is 3. The van der Waals surface area contributed by atoms with Gasteiger partial charge in [-0.15, -0.1) is 0 Å². The molecule has 0 unspecified atom stereocenters. The summed E-state index contributed by atoms with van der Waals surface area (Å²) in [5.41, 5.74) is 3.61. The van der Waals surface area contributed by atoms with Gasteiger partial charge in [0.2, 0.25) is 11.8 Å². The van der Waals surface area contributed by atoms with Crippen LogP contribution < -0.4 is 10.2 Å². The Labute approximate surface area is 206 Å². The van der Waals surface area contributed by atoms with Crippen molar-refractivity contribution in [2.24, 2.45) is 5.92 Å². The predicted molar refractivity (Wildman–Crippen MR) is 136 cm³/mol. The molecule has 1 heterocycles. The second-order valence-electron chi connectivity index (χ2n) is 9.27. The number of nitrogens with zero attached hydrogens (tertiary/aromatic N) is 3. The summed E-state index contributed by atoms with van der Waals surface area (Å²) in [6, 6.07) is 15.4. The van der Waals surface area contributed by atoms with Crippen molar-refractivity contribution < 1.29 is 19.1 Å². The van der Waals surface area contributed by atoms with E-state index in [9.17, 15) is 14.4 Å². The van der Waals surface area contributed by atoms with Gasteiger partial charge in [-0.3, -0.25) is 14.4 Å². The van der Waals surface area contributed by atoms with Crippen molar-refractivity contribution in [2.45, 2.75) is 19.8 Å². The van der Waals surface area contributed by atoms with E-state index in [0.717, 1.165) is 42.7 Å². The van der Waals surface area contributed by atoms with E-state index in [2.05, 4.69) is 10.2 Å². The van der Waals surface area contributed by atoms with Crippen LogP contribution in [-0.2, 0) is 14.3 Å². The van der Waals surface area contributed by atoms with Gasteiger partial charge in [0.15, 0.2) is 0 Å². The van der Waals surface area contributed by atoms with Gasteiger partial charge >= 0.3 is 0 Å². The fraction of sp³-hybridized carbons (Fsp3) is 0.444. The molecule has 186 valence electrons. The average Bonchev–Trinajstić information content (AvgIpc) is 3.72. The summed E-state index contributed by atoms with van der Waals surface area (Å²) >= 11 is 0. The van der Waals surface area contributed by atoms with Gasteiger partial charge in [-0.25, -0.2) is 0 Å². The number of hydrogen-bond acceptors (Lipinski definition) is 5. The van der Waals surface area contributed by atoms with Crippen LogP contribution in [0.15, 0.2) is 48.5 Å². The average molecular weight is 479 g/mol. The summed E-state index contributed by atoms with van der Waals surface area (Å²) in [5.74, 6) is -0.0485. The van der Waals surface area contributed by atoms with Gasteiger partial charge in [-0.05, 0) is 56.2 Å². The molecule has 0 bridgehead atoms. The first kappa shape index (κ1) is 24.7. The number of benzene rings is 2. The molecule has 2 aromatic carbocycles. The molecule has 8 nitrogen and oxygen atoms in total. The Kier molecular flexibility index (Phi) is 8.02. The molecule has 1 aliphatic carbocycles. The quantitative estimate of drug-likeness (QED) is 0.599. The zero-order chi connectivity index (χ0) is 24.8. The molecule has 3 amide bonds. The minimum Gasteiger partial charge on any atom is -0.383 e. The van der Waals surface area contributed by atoms with Crippen molar-refractivity contribution in [1.29, 1.82) is 0 Å². The largest absolute Gasteiger partial charge is 0.383 e. The number of aryl methyl sites for hydroxylation is 1. The lowest BCUT2D eigenvalue weighted by molar-refractivity contribution is -0.136. The highest BCUT2D eigenvalue weighted by Crippen LogP contribution is 2.31. The van der Waals surface area contributed by atoms with Crippen LogP contribution in [0.5, 0.6) is 0 Å². The van der Waals surface area contributed by atoms with E-state index in [4.69, 9.17) is 4.74 Å². The van der Waals surface area contributed by atoms with Crippen molar-refractivity contribution in [1.82, 2.24) is 9.80 Å². The number of nitrogens with one attached hydrogen (secondary N) is 1. The van der Waals surface area contributed by atoms with Gasteiger partial charge in [0, 0.05) is 62.7 Å². The molecule has 1 aliphatic heterocycles. The number of ether oxygens (including phenoxy) is 1. The van der Waals surface area contributed by atoms with E-state index in [1.54, 1.807) is 12.0 Å². The fourth-order valence-corrected chi connectivity index (χ4v) is 4.23. The first-order chi connectivity index (χ1) is 16.9. The summed E-state index contributed by atoms with van der Waals surface area (Å²) < 4.78 is 5.09. The Balaban J connectivity index is 1.27. The Hall–Kier alpha value is -3.39. The molecule has 0 atom stereocenters. The molecular formula is C27H34N4O4. The molecule has 0 spiro atoms. The van der Waals surface area contributed by atoms with Crippen LogP contribution in [-0.4, -0.2) is 80.5 Å². The second kappa shape index (κ2) is 11.4. The highest BCUT2D eigenvalue weighted by molar-refractivity contribution is 5.95. The van der Waals surface area contributed by atoms with Gasteiger partial charge in [0.1, 0.15) is 0 Å². The van der Waals surface area contributed by atoms with Crippen LogP contribution in [0.3, 0.4) is 0 Å². The third-order valence-electron chi connectivity index (χ3n) is 6.52. The number of methoxy groups -OCH3 is 1. The molecule has 35 heavy (non-hydrogen) atoms. The maximum absolute atomic E-state index is 12.8. The predicted octanol–water partition coefficient (Wildman–Crippen LogP) is 2.78. The number of hydrogen-bond donors (Lipinski definition) is 1. The van der Waals surface area contributed by atoms with Gasteiger partial charge in [0.25, 0.3) is 5.91 Å². The molecular weight excluding hydrogens is 444 g/mol. The summed E-state index contributed by atoms with van der Waals surface area (Å²) in [6.45, 7) is 5.69. The number of anilines is 2. The molecule has 2 aromatic rings. The molecule has 8 heteroatoms. The molecule has 0 radical (unpaired) electrons. The van der Waals surface area contributed by atoms with Crippen molar-refractivity contribution in [3.8, 4) is 0 Å². The van der Waals surface area contributed by atoms with Crippen LogP contribution in [0.25, 0.3) is 0 Å². The zero-order valence-corrected chi connectivity index (χ0v) is 20.5. The lowest BCUT2D eigenvalue weighted by Gasteiger charge is -2.36. The minimum atomic E-state index is -0.217. The summed E-state index contributed by atoms with van der Waals surface area (Å²) in [6.07, 6.45) is 1.81. The normalized spacial score (nSPS) is 15.6. The molecule has 2 aliphatic rings. The number of piperazine rings is 1. The van der Waals surface area contributed by atoms with E-state index in [0.29, 0.717) is 31.9 Å².